The summed E-state index contributed by atoms with van der Waals surface area (Å²) in [6.07, 6.45) is 1.87. The maximum atomic E-state index is 12.4. The fourth-order valence-corrected chi connectivity index (χ4v) is 7.12. The second-order valence-corrected chi connectivity index (χ2v) is 23.7. The molecule has 0 bridgehead atoms. The number of alkyl halides is 1. The summed E-state index contributed by atoms with van der Waals surface area (Å²) < 4.78 is 27.7. The summed E-state index contributed by atoms with van der Waals surface area (Å²) >= 11 is 2.29. The van der Waals surface area contributed by atoms with Crippen LogP contribution in [0.1, 0.15) is 54.7 Å². The van der Waals surface area contributed by atoms with Crippen LogP contribution in [0.3, 0.4) is 0 Å². The summed E-state index contributed by atoms with van der Waals surface area (Å²) in [5.41, 5.74) is 7.06. The number of hydrogen-bond acceptors (Lipinski definition) is 9. The number of anilines is 1. The quantitative estimate of drug-likeness (QED) is 0.179. The summed E-state index contributed by atoms with van der Waals surface area (Å²) in [6, 6.07) is 0. The van der Waals surface area contributed by atoms with Crippen LogP contribution < -0.4 is 5.73 Å². The molecule has 0 aromatic carbocycles. The standard InChI is InChI=1S/C24H42IN5O5Si2/c1-15(31)33-24(12-32-36(8,9)22(2,3)4)18(25)17(35-37(10,11)23(5,6)7)21(34-24)30-14-29-16-19(26)27-13-28-20(16)30/h13-14,17-18,21H,12H2,1-11H3,(H2,26,27,28)/t17-,18+,21-,24+/m1/s1. The molecule has 1 aliphatic rings. The molecule has 3 heterocycles. The average molecular weight is 664 g/mol. The Morgan fingerprint density at radius 3 is 2.24 bits per heavy atom. The van der Waals surface area contributed by atoms with Gasteiger partial charge in [0.1, 0.15) is 28.5 Å². The number of esters is 1. The lowest BCUT2D eigenvalue weighted by molar-refractivity contribution is -0.241. The Hall–Kier alpha value is -1.14. The first kappa shape index (κ1) is 30.4. The molecular formula is C24H42IN5O5Si2. The van der Waals surface area contributed by atoms with E-state index in [1.807, 2.05) is 0 Å². The number of aromatic nitrogens is 4. The topological polar surface area (TPSA) is 124 Å². The third-order valence-electron chi connectivity index (χ3n) is 7.96. The van der Waals surface area contributed by atoms with E-state index in [4.69, 9.17) is 24.1 Å². The highest BCUT2D eigenvalue weighted by molar-refractivity contribution is 14.1. The summed E-state index contributed by atoms with van der Waals surface area (Å²) in [6.45, 7) is 23.3. The number of imidazole rings is 1. The molecule has 0 aliphatic carbocycles. The van der Waals surface area contributed by atoms with Crippen LogP contribution in [0.5, 0.6) is 0 Å². The van der Waals surface area contributed by atoms with E-state index in [0.717, 1.165) is 0 Å². The van der Waals surface area contributed by atoms with Gasteiger partial charge in [-0.25, -0.2) is 15.0 Å². The molecule has 208 valence electrons. The Morgan fingerprint density at radius 2 is 1.70 bits per heavy atom. The van der Waals surface area contributed by atoms with Crippen molar-refractivity contribution in [2.24, 2.45) is 0 Å². The zero-order valence-corrected chi connectivity index (χ0v) is 28.0. The summed E-state index contributed by atoms with van der Waals surface area (Å²) in [4.78, 5) is 25.4. The molecule has 10 nitrogen and oxygen atoms in total. The molecule has 1 aliphatic heterocycles. The van der Waals surface area contributed by atoms with E-state index in [1.165, 1.54) is 13.3 Å². The highest BCUT2D eigenvalue weighted by atomic mass is 127. The van der Waals surface area contributed by atoms with Gasteiger partial charge in [0.25, 0.3) is 5.79 Å². The number of carbonyl (C=O) groups is 1. The van der Waals surface area contributed by atoms with Gasteiger partial charge in [-0.15, -0.1) is 0 Å². The van der Waals surface area contributed by atoms with E-state index in [-0.39, 0.29) is 26.4 Å². The molecule has 37 heavy (non-hydrogen) atoms. The van der Waals surface area contributed by atoms with Crippen molar-refractivity contribution in [1.82, 2.24) is 19.5 Å². The minimum absolute atomic E-state index is 0.0325. The fraction of sp³-hybridized carbons (Fsp3) is 0.750. The largest absolute Gasteiger partial charge is 0.429 e. The Kier molecular flexibility index (Phi) is 8.31. The van der Waals surface area contributed by atoms with Crippen LogP contribution in [-0.4, -0.2) is 64.5 Å². The molecule has 4 atom stereocenters. The number of hydrogen-bond donors (Lipinski definition) is 1. The second kappa shape index (κ2) is 10.1. The van der Waals surface area contributed by atoms with Crippen LogP contribution in [0, 0.1) is 0 Å². The molecule has 0 amide bonds. The zero-order valence-electron chi connectivity index (χ0n) is 23.9. The van der Waals surface area contributed by atoms with Crippen molar-refractivity contribution in [3.63, 3.8) is 0 Å². The van der Waals surface area contributed by atoms with E-state index in [2.05, 4.69) is 105 Å². The average Bonchev–Trinajstić information content (AvgIpc) is 3.26. The number of nitrogens with two attached hydrogens (primary N) is 1. The zero-order chi connectivity index (χ0) is 28.2. The number of nitrogens with zero attached hydrogens (tertiary/aromatic N) is 4. The van der Waals surface area contributed by atoms with Gasteiger partial charge in [-0.1, -0.05) is 64.1 Å². The number of fused-ring (bicyclic) bond motifs is 1. The molecule has 3 rings (SSSR count). The van der Waals surface area contributed by atoms with Gasteiger partial charge in [0, 0.05) is 6.92 Å². The van der Waals surface area contributed by atoms with Crippen molar-refractivity contribution < 1.29 is 23.1 Å². The lowest BCUT2D eigenvalue weighted by Crippen LogP contribution is -2.53. The van der Waals surface area contributed by atoms with Crippen LogP contribution in [0.15, 0.2) is 12.7 Å². The summed E-state index contributed by atoms with van der Waals surface area (Å²) in [5.74, 6) is -1.54. The Balaban J connectivity index is 2.13. The highest BCUT2D eigenvalue weighted by Gasteiger charge is 2.61. The van der Waals surface area contributed by atoms with Gasteiger partial charge < -0.3 is 24.1 Å². The molecule has 1 fully saturated rings. The molecular weight excluding hydrogens is 621 g/mol. The van der Waals surface area contributed by atoms with Crippen molar-refractivity contribution >= 4 is 62.2 Å². The molecule has 2 aromatic heterocycles. The fourth-order valence-electron chi connectivity index (χ4n) is 3.60. The van der Waals surface area contributed by atoms with Gasteiger partial charge in [-0.05, 0) is 36.3 Å². The van der Waals surface area contributed by atoms with Crippen molar-refractivity contribution in [2.45, 2.75) is 107 Å². The molecule has 0 unspecified atom stereocenters. The van der Waals surface area contributed by atoms with Gasteiger partial charge in [0.2, 0.25) is 0 Å². The number of rotatable bonds is 7. The predicted octanol–water partition coefficient (Wildman–Crippen LogP) is 5.41. The van der Waals surface area contributed by atoms with Gasteiger partial charge >= 0.3 is 5.97 Å². The second-order valence-electron chi connectivity index (χ2n) is 12.8. The van der Waals surface area contributed by atoms with Crippen LogP contribution in [0.2, 0.25) is 36.3 Å². The Morgan fingerprint density at radius 1 is 1.11 bits per heavy atom. The SMILES string of the molecule is CC(=O)O[C@@]1(CO[Si](C)(C)C(C)(C)C)O[C@@H](n2cnc3c(N)ncnc32)[C@H](O[Si](C)(C)C(C)(C)C)[C@@H]1I. The van der Waals surface area contributed by atoms with E-state index < -0.39 is 40.7 Å². The minimum atomic E-state index is -2.29. The normalized spacial score (nSPS) is 25.6. The van der Waals surface area contributed by atoms with Gasteiger partial charge in [-0.3, -0.25) is 9.36 Å². The number of carbonyl (C=O) groups excluding carboxylic acids is 1. The first-order valence-electron chi connectivity index (χ1n) is 12.5. The smallest absolute Gasteiger partial charge is 0.305 e. The summed E-state index contributed by atoms with van der Waals surface area (Å²) in [7, 11) is -4.49. The molecule has 2 aromatic rings. The highest BCUT2D eigenvalue weighted by Crippen LogP contribution is 2.49. The molecule has 0 saturated carbocycles. The van der Waals surface area contributed by atoms with Crippen LogP contribution >= 0.6 is 22.6 Å². The molecule has 0 radical (unpaired) electrons. The van der Waals surface area contributed by atoms with Crippen molar-refractivity contribution in [1.29, 1.82) is 0 Å². The van der Waals surface area contributed by atoms with Gasteiger partial charge in [0.05, 0.1) is 6.33 Å². The molecule has 13 heteroatoms. The Labute approximate surface area is 235 Å². The van der Waals surface area contributed by atoms with Crippen molar-refractivity contribution in [3.8, 4) is 0 Å². The van der Waals surface area contributed by atoms with Gasteiger partial charge in [-0.2, -0.15) is 0 Å². The maximum Gasteiger partial charge on any atom is 0.305 e. The first-order chi connectivity index (χ1) is 16.7. The number of nitrogen functional groups attached to an aromatic ring is 1. The molecule has 1 saturated heterocycles. The first-order valence-corrected chi connectivity index (χ1v) is 19.5. The lowest BCUT2D eigenvalue weighted by Gasteiger charge is -2.41. The third kappa shape index (κ3) is 5.90. The Bertz CT molecular complexity index is 1150. The third-order valence-corrected chi connectivity index (χ3v) is 18.6. The van der Waals surface area contributed by atoms with Crippen LogP contribution in [-0.2, 0) is 23.1 Å². The number of ether oxygens (including phenoxy) is 2. The number of halogens is 1. The van der Waals surface area contributed by atoms with E-state index >= 15 is 0 Å². The van der Waals surface area contributed by atoms with E-state index in [0.29, 0.717) is 11.2 Å². The van der Waals surface area contributed by atoms with Crippen LogP contribution in [0.4, 0.5) is 5.82 Å². The predicted molar refractivity (Wildman–Crippen MR) is 157 cm³/mol. The maximum absolute atomic E-state index is 12.4. The van der Waals surface area contributed by atoms with Gasteiger partial charge in [0.15, 0.2) is 34.3 Å². The van der Waals surface area contributed by atoms with Crippen molar-refractivity contribution in [2.75, 3.05) is 12.3 Å². The van der Waals surface area contributed by atoms with E-state index in [1.54, 1.807) is 10.9 Å². The molecule has 0 spiro atoms. The van der Waals surface area contributed by atoms with E-state index in [9.17, 15) is 4.79 Å². The summed E-state index contributed by atoms with van der Waals surface area (Å²) in [5, 5.41) is -0.0862. The minimum Gasteiger partial charge on any atom is -0.429 e. The van der Waals surface area contributed by atoms with Crippen molar-refractivity contribution in [3.05, 3.63) is 12.7 Å². The monoisotopic (exact) mass is 663 g/mol. The lowest BCUT2D eigenvalue weighted by atomic mass is 10.1. The molecule has 2 N–H and O–H groups in total. The van der Waals surface area contributed by atoms with Crippen LogP contribution in [0.25, 0.3) is 11.2 Å².